The molecule has 1 fully saturated rings. The second kappa shape index (κ2) is 14.8. The van der Waals surface area contributed by atoms with Crippen molar-refractivity contribution in [2.75, 3.05) is 66.5 Å². The van der Waals surface area contributed by atoms with Crippen molar-refractivity contribution in [3.8, 4) is 5.75 Å². The molecule has 29 heavy (non-hydrogen) atoms. The van der Waals surface area contributed by atoms with Gasteiger partial charge in [-0.2, -0.15) is 0 Å². The van der Waals surface area contributed by atoms with E-state index in [1.807, 2.05) is 6.07 Å². The van der Waals surface area contributed by atoms with Crippen LogP contribution in [0.3, 0.4) is 0 Å². The summed E-state index contributed by atoms with van der Waals surface area (Å²) in [7, 11) is 3.94. The van der Waals surface area contributed by atoms with Gasteiger partial charge < -0.3 is 25.2 Å². The second-order valence-electron chi connectivity index (χ2n) is 7.60. The summed E-state index contributed by atoms with van der Waals surface area (Å²) in [5, 5.41) is 6.80. The molecule has 0 atom stereocenters. The molecule has 1 aromatic carbocycles. The van der Waals surface area contributed by atoms with Crippen LogP contribution in [0.25, 0.3) is 0 Å². The van der Waals surface area contributed by atoms with Crippen molar-refractivity contribution in [3.63, 3.8) is 0 Å². The summed E-state index contributed by atoms with van der Waals surface area (Å²) in [4.78, 5) is 9.71. The van der Waals surface area contributed by atoms with Gasteiger partial charge in [-0.1, -0.05) is 17.7 Å². The Bertz CT molecular complexity index is 603. The van der Waals surface area contributed by atoms with Crippen molar-refractivity contribution < 1.29 is 4.74 Å². The number of aryl methyl sites for hydroxylation is 1. The molecule has 1 aliphatic heterocycles. The van der Waals surface area contributed by atoms with E-state index in [0.29, 0.717) is 0 Å². The number of ether oxygens (including phenoxy) is 1. The summed E-state index contributed by atoms with van der Waals surface area (Å²) in [5.41, 5.74) is 2.50. The minimum Gasteiger partial charge on any atom is -0.496 e. The number of piperazine rings is 1. The van der Waals surface area contributed by atoms with E-state index in [9.17, 15) is 0 Å². The van der Waals surface area contributed by atoms with Crippen molar-refractivity contribution in [3.05, 3.63) is 29.3 Å². The Balaban J connectivity index is 0.00000420. The van der Waals surface area contributed by atoms with E-state index in [4.69, 9.17) is 9.73 Å². The fourth-order valence-electron chi connectivity index (χ4n) is 3.47. The average Bonchev–Trinajstić information content (AvgIpc) is 2.69. The van der Waals surface area contributed by atoms with Crippen molar-refractivity contribution in [2.45, 2.75) is 33.1 Å². The van der Waals surface area contributed by atoms with E-state index >= 15 is 0 Å². The molecular weight excluding hydrogens is 477 g/mol. The second-order valence-corrected chi connectivity index (χ2v) is 7.60. The van der Waals surface area contributed by atoms with Gasteiger partial charge in [-0.25, -0.2) is 0 Å². The summed E-state index contributed by atoms with van der Waals surface area (Å²) in [6.45, 7) is 12.8. The molecule has 6 nitrogen and oxygen atoms in total. The van der Waals surface area contributed by atoms with Crippen LogP contribution in [0.1, 0.15) is 30.9 Å². The van der Waals surface area contributed by atoms with E-state index in [0.717, 1.165) is 44.2 Å². The lowest BCUT2D eigenvalue weighted by molar-refractivity contribution is 0.152. The van der Waals surface area contributed by atoms with Gasteiger partial charge in [0.25, 0.3) is 0 Å². The van der Waals surface area contributed by atoms with Gasteiger partial charge in [-0.05, 0) is 58.3 Å². The summed E-state index contributed by atoms with van der Waals surface area (Å²) in [6.07, 6.45) is 3.26. The maximum absolute atomic E-state index is 5.47. The maximum Gasteiger partial charge on any atom is 0.191 e. The standard InChI is InChI=1S/C22H39N5O.HI/c1-5-23-22(24-11-6-7-13-27-16-14-26(3)15-17-27)25-12-10-20-18-19(2)8-9-21(20)28-4;/h8-9,18H,5-7,10-17H2,1-4H3,(H2,23,24,25);1H. The summed E-state index contributed by atoms with van der Waals surface area (Å²) >= 11 is 0. The van der Waals surface area contributed by atoms with Crippen LogP contribution in [-0.4, -0.2) is 82.3 Å². The Morgan fingerprint density at radius 1 is 1.14 bits per heavy atom. The topological polar surface area (TPSA) is 52.1 Å². The summed E-state index contributed by atoms with van der Waals surface area (Å²) in [5.74, 6) is 1.87. The van der Waals surface area contributed by atoms with Crippen LogP contribution in [0.15, 0.2) is 23.2 Å². The zero-order valence-corrected chi connectivity index (χ0v) is 21.0. The predicted molar refractivity (Wildman–Crippen MR) is 134 cm³/mol. The number of guanidine groups is 1. The number of likely N-dealkylation sites (N-methyl/N-ethyl adjacent to an activating group) is 1. The lowest BCUT2D eigenvalue weighted by Crippen LogP contribution is -2.44. The van der Waals surface area contributed by atoms with Crippen molar-refractivity contribution in [1.29, 1.82) is 0 Å². The molecule has 2 rings (SSSR count). The third kappa shape index (κ3) is 10.00. The molecule has 166 valence electrons. The Morgan fingerprint density at radius 2 is 1.90 bits per heavy atom. The Labute approximate surface area is 194 Å². The van der Waals surface area contributed by atoms with Gasteiger partial charge in [-0.15, -0.1) is 24.0 Å². The number of methoxy groups -OCH3 is 1. The SMILES string of the molecule is CCNC(=NCCCCN1CCN(C)CC1)NCCc1cc(C)ccc1OC.I. The van der Waals surface area contributed by atoms with Gasteiger partial charge >= 0.3 is 0 Å². The van der Waals surface area contributed by atoms with Crippen LogP contribution in [0, 0.1) is 6.92 Å². The highest BCUT2D eigenvalue weighted by atomic mass is 127. The number of nitrogens with zero attached hydrogens (tertiary/aromatic N) is 3. The highest BCUT2D eigenvalue weighted by Crippen LogP contribution is 2.19. The molecule has 1 saturated heterocycles. The number of aliphatic imine (C=N–C) groups is 1. The van der Waals surface area contributed by atoms with E-state index in [1.165, 1.54) is 50.3 Å². The van der Waals surface area contributed by atoms with Crippen LogP contribution in [0.5, 0.6) is 5.75 Å². The van der Waals surface area contributed by atoms with Crippen LogP contribution < -0.4 is 15.4 Å². The average molecular weight is 518 g/mol. The zero-order chi connectivity index (χ0) is 20.2. The number of hydrogen-bond acceptors (Lipinski definition) is 4. The monoisotopic (exact) mass is 517 g/mol. The van der Waals surface area contributed by atoms with Gasteiger partial charge in [0.15, 0.2) is 5.96 Å². The minimum absolute atomic E-state index is 0. The number of hydrogen-bond donors (Lipinski definition) is 2. The zero-order valence-electron chi connectivity index (χ0n) is 18.7. The van der Waals surface area contributed by atoms with Gasteiger partial charge in [0.1, 0.15) is 5.75 Å². The fraction of sp³-hybridized carbons (Fsp3) is 0.682. The van der Waals surface area contributed by atoms with E-state index in [-0.39, 0.29) is 24.0 Å². The normalized spacial score (nSPS) is 15.7. The number of benzene rings is 1. The molecule has 7 heteroatoms. The lowest BCUT2D eigenvalue weighted by Gasteiger charge is -2.32. The quantitative estimate of drug-likeness (QED) is 0.217. The third-order valence-electron chi connectivity index (χ3n) is 5.22. The van der Waals surface area contributed by atoms with Crippen molar-refractivity contribution >= 4 is 29.9 Å². The largest absolute Gasteiger partial charge is 0.496 e. The van der Waals surface area contributed by atoms with Crippen LogP contribution in [-0.2, 0) is 6.42 Å². The Hall–Kier alpha value is -1.06. The lowest BCUT2D eigenvalue weighted by atomic mass is 10.1. The van der Waals surface area contributed by atoms with Gasteiger partial charge in [0.05, 0.1) is 7.11 Å². The number of rotatable bonds is 10. The molecule has 1 aliphatic rings. The molecule has 0 aromatic heterocycles. The molecule has 1 heterocycles. The van der Waals surface area contributed by atoms with Gasteiger partial charge in [0, 0.05) is 45.8 Å². The molecule has 0 saturated carbocycles. The summed E-state index contributed by atoms with van der Waals surface area (Å²) < 4.78 is 5.47. The number of halogens is 1. The molecule has 0 radical (unpaired) electrons. The first kappa shape index (κ1) is 26.0. The maximum atomic E-state index is 5.47. The van der Waals surface area contributed by atoms with Crippen LogP contribution in [0.4, 0.5) is 0 Å². The number of unbranched alkanes of at least 4 members (excludes halogenated alkanes) is 1. The molecular formula is C22H40IN5O. The summed E-state index contributed by atoms with van der Waals surface area (Å²) in [6, 6.07) is 6.33. The fourth-order valence-corrected chi connectivity index (χ4v) is 3.47. The van der Waals surface area contributed by atoms with E-state index in [2.05, 4.69) is 53.5 Å². The van der Waals surface area contributed by atoms with E-state index in [1.54, 1.807) is 7.11 Å². The molecule has 1 aromatic rings. The molecule has 0 amide bonds. The van der Waals surface area contributed by atoms with Crippen LogP contribution >= 0.6 is 24.0 Å². The van der Waals surface area contributed by atoms with Crippen LogP contribution in [0.2, 0.25) is 0 Å². The Kier molecular flexibility index (Phi) is 13.3. The van der Waals surface area contributed by atoms with Crippen molar-refractivity contribution in [2.24, 2.45) is 4.99 Å². The van der Waals surface area contributed by atoms with Gasteiger partial charge in [-0.3, -0.25) is 4.99 Å². The first-order chi connectivity index (χ1) is 13.6. The highest BCUT2D eigenvalue weighted by molar-refractivity contribution is 14.0. The molecule has 2 N–H and O–H groups in total. The molecule has 0 aliphatic carbocycles. The molecule has 0 unspecified atom stereocenters. The van der Waals surface area contributed by atoms with E-state index < -0.39 is 0 Å². The third-order valence-corrected chi connectivity index (χ3v) is 5.22. The first-order valence-electron chi connectivity index (χ1n) is 10.7. The molecule has 0 bridgehead atoms. The first-order valence-corrected chi connectivity index (χ1v) is 10.7. The minimum atomic E-state index is 0. The smallest absolute Gasteiger partial charge is 0.191 e. The highest BCUT2D eigenvalue weighted by Gasteiger charge is 2.12. The Morgan fingerprint density at radius 3 is 2.59 bits per heavy atom. The van der Waals surface area contributed by atoms with Crippen molar-refractivity contribution in [1.82, 2.24) is 20.4 Å². The predicted octanol–water partition coefficient (Wildman–Crippen LogP) is 2.75. The number of nitrogens with one attached hydrogen (secondary N) is 2. The molecule has 0 spiro atoms. The van der Waals surface area contributed by atoms with Gasteiger partial charge in [0.2, 0.25) is 0 Å².